The van der Waals surface area contributed by atoms with Gasteiger partial charge in [-0.3, -0.25) is 0 Å². The minimum Gasteiger partial charge on any atom is -0.491 e. The molecule has 0 unspecified atom stereocenters. The van der Waals surface area contributed by atoms with E-state index in [9.17, 15) is 0 Å². The van der Waals surface area contributed by atoms with Gasteiger partial charge in [-0.05, 0) is 24.8 Å². The molecule has 4 nitrogen and oxygen atoms in total. The van der Waals surface area contributed by atoms with Crippen molar-refractivity contribution < 1.29 is 4.74 Å². The van der Waals surface area contributed by atoms with Crippen molar-refractivity contribution in [2.75, 3.05) is 24.3 Å². The summed E-state index contributed by atoms with van der Waals surface area (Å²) in [5.41, 5.74) is 0.980. The van der Waals surface area contributed by atoms with E-state index in [0.29, 0.717) is 11.8 Å². The SMILES string of the molecule is CSC(=NC#N)N1CCCOc2ccccc21. The van der Waals surface area contributed by atoms with Crippen LogP contribution in [0.1, 0.15) is 6.42 Å². The largest absolute Gasteiger partial charge is 0.491 e. The van der Waals surface area contributed by atoms with Crippen LogP contribution in [0.3, 0.4) is 0 Å². The molecule has 0 spiro atoms. The molecule has 5 heteroatoms. The Bertz CT molecular complexity index is 467. The first-order valence-corrected chi connectivity index (χ1v) is 6.59. The molecular formula is C12H13N3OS. The van der Waals surface area contributed by atoms with Crippen LogP contribution in [0.25, 0.3) is 0 Å². The van der Waals surface area contributed by atoms with Gasteiger partial charge in [-0.15, -0.1) is 4.99 Å². The number of para-hydroxylation sites is 2. The maximum absolute atomic E-state index is 8.71. The van der Waals surface area contributed by atoms with Crippen LogP contribution >= 0.6 is 11.8 Å². The summed E-state index contributed by atoms with van der Waals surface area (Å²) in [5.74, 6) is 0.852. The van der Waals surface area contributed by atoms with Gasteiger partial charge >= 0.3 is 0 Å². The van der Waals surface area contributed by atoms with Gasteiger partial charge in [0.2, 0.25) is 6.19 Å². The van der Waals surface area contributed by atoms with Gasteiger partial charge in [-0.2, -0.15) is 5.26 Å². The molecule has 0 aliphatic carbocycles. The normalized spacial score (nSPS) is 15.5. The van der Waals surface area contributed by atoms with Crippen LogP contribution in [0.2, 0.25) is 0 Å². The number of thioether (sulfide) groups is 1. The fourth-order valence-corrected chi connectivity index (χ4v) is 2.33. The van der Waals surface area contributed by atoms with Crippen molar-refractivity contribution in [3.05, 3.63) is 24.3 Å². The van der Waals surface area contributed by atoms with E-state index < -0.39 is 0 Å². The van der Waals surface area contributed by atoms with Gasteiger partial charge in [0.1, 0.15) is 5.75 Å². The first kappa shape index (κ1) is 11.8. The van der Waals surface area contributed by atoms with Crippen molar-refractivity contribution in [3.63, 3.8) is 0 Å². The molecule has 1 aliphatic rings. The minimum absolute atomic E-state index is 0.696. The third-order valence-corrected chi connectivity index (χ3v) is 3.18. The van der Waals surface area contributed by atoms with Crippen molar-refractivity contribution >= 4 is 22.6 Å². The van der Waals surface area contributed by atoms with Gasteiger partial charge in [0.25, 0.3) is 0 Å². The summed E-state index contributed by atoms with van der Waals surface area (Å²) in [6, 6.07) is 7.84. The van der Waals surface area contributed by atoms with Crippen LogP contribution in [0, 0.1) is 11.5 Å². The van der Waals surface area contributed by atoms with Crippen LogP contribution in [-0.2, 0) is 0 Å². The quantitative estimate of drug-likeness (QED) is 0.401. The Balaban J connectivity index is 2.41. The second-order valence-electron chi connectivity index (χ2n) is 3.52. The smallest absolute Gasteiger partial charge is 0.208 e. The molecular weight excluding hydrogens is 234 g/mol. The van der Waals surface area contributed by atoms with Gasteiger partial charge in [0, 0.05) is 6.54 Å². The number of aliphatic imine (C=N–C) groups is 1. The standard InChI is InChI=1S/C12H13N3OS/c1-17-12(14-9-13)15-7-4-8-16-11-6-3-2-5-10(11)15/h2-3,5-6H,4,7-8H2,1H3. The monoisotopic (exact) mass is 247 g/mol. The molecule has 1 heterocycles. The van der Waals surface area contributed by atoms with Crippen molar-refractivity contribution in [2.45, 2.75) is 6.42 Å². The Morgan fingerprint density at radius 2 is 2.35 bits per heavy atom. The molecule has 88 valence electrons. The second kappa shape index (κ2) is 5.60. The van der Waals surface area contributed by atoms with Crippen molar-refractivity contribution in [1.29, 1.82) is 5.26 Å². The van der Waals surface area contributed by atoms with E-state index in [1.807, 2.05) is 41.6 Å². The van der Waals surface area contributed by atoms with E-state index in [4.69, 9.17) is 10.00 Å². The molecule has 0 bridgehead atoms. The Kier molecular flexibility index (Phi) is 3.89. The summed E-state index contributed by atoms with van der Waals surface area (Å²) in [6.45, 7) is 1.51. The lowest BCUT2D eigenvalue weighted by Gasteiger charge is -2.22. The van der Waals surface area contributed by atoms with Gasteiger partial charge in [-0.25, -0.2) is 0 Å². The van der Waals surface area contributed by atoms with Gasteiger partial charge < -0.3 is 9.64 Å². The van der Waals surface area contributed by atoms with Gasteiger partial charge in [-0.1, -0.05) is 23.9 Å². The number of ether oxygens (including phenoxy) is 1. The zero-order valence-electron chi connectivity index (χ0n) is 9.59. The first-order valence-electron chi connectivity index (χ1n) is 5.37. The van der Waals surface area contributed by atoms with Crippen LogP contribution in [-0.4, -0.2) is 24.6 Å². The molecule has 0 N–H and O–H groups in total. The lowest BCUT2D eigenvalue weighted by atomic mass is 10.2. The zero-order chi connectivity index (χ0) is 12.1. The van der Waals surface area contributed by atoms with Gasteiger partial charge in [0.15, 0.2) is 5.17 Å². The van der Waals surface area contributed by atoms with E-state index >= 15 is 0 Å². The number of rotatable bonds is 0. The molecule has 0 fully saturated rings. The first-order chi connectivity index (χ1) is 8.36. The number of fused-ring (bicyclic) bond motifs is 1. The molecule has 0 saturated heterocycles. The Morgan fingerprint density at radius 3 is 3.12 bits per heavy atom. The number of nitrogens with zero attached hydrogens (tertiary/aromatic N) is 3. The average molecular weight is 247 g/mol. The molecule has 0 saturated carbocycles. The van der Waals surface area contributed by atoms with E-state index in [1.54, 1.807) is 0 Å². The number of hydrogen-bond acceptors (Lipinski definition) is 4. The third-order valence-electron chi connectivity index (χ3n) is 2.50. The zero-order valence-corrected chi connectivity index (χ0v) is 10.4. The summed E-state index contributed by atoms with van der Waals surface area (Å²) >= 11 is 1.47. The topological polar surface area (TPSA) is 48.6 Å². The summed E-state index contributed by atoms with van der Waals surface area (Å²) in [6.07, 6.45) is 4.69. The van der Waals surface area contributed by atoms with Gasteiger partial charge in [0.05, 0.1) is 12.3 Å². The van der Waals surface area contributed by atoms with Crippen molar-refractivity contribution in [3.8, 4) is 11.9 Å². The second-order valence-corrected chi connectivity index (χ2v) is 4.29. The average Bonchev–Trinajstić information content (AvgIpc) is 2.58. The molecule has 0 amide bonds. The summed E-state index contributed by atoms with van der Waals surface area (Å²) in [4.78, 5) is 5.90. The van der Waals surface area contributed by atoms with E-state index in [-0.39, 0.29) is 0 Å². The van der Waals surface area contributed by atoms with Crippen LogP contribution in [0.15, 0.2) is 29.3 Å². The molecule has 0 radical (unpaired) electrons. The van der Waals surface area contributed by atoms with Crippen molar-refractivity contribution in [1.82, 2.24) is 0 Å². The molecule has 1 aliphatic heterocycles. The number of amidine groups is 1. The van der Waals surface area contributed by atoms with E-state index in [2.05, 4.69) is 4.99 Å². The lowest BCUT2D eigenvalue weighted by molar-refractivity contribution is 0.322. The molecule has 17 heavy (non-hydrogen) atoms. The fourth-order valence-electron chi connectivity index (χ4n) is 1.79. The highest BCUT2D eigenvalue weighted by Crippen LogP contribution is 2.32. The van der Waals surface area contributed by atoms with E-state index in [1.165, 1.54) is 11.8 Å². The highest BCUT2D eigenvalue weighted by molar-refractivity contribution is 8.13. The number of nitriles is 1. The highest BCUT2D eigenvalue weighted by Gasteiger charge is 2.19. The Hall–Kier alpha value is -1.67. The molecule has 0 aromatic heterocycles. The number of hydrogen-bond donors (Lipinski definition) is 0. The van der Waals surface area contributed by atoms with Crippen LogP contribution in [0.4, 0.5) is 5.69 Å². The molecule has 1 aromatic carbocycles. The van der Waals surface area contributed by atoms with Crippen molar-refractivity contribution in [2.24, 2.45) is 4.99 Å². The van der Waals surface area contributed by atoms with Crippen LogP contribution < -0.4 is 9.64 Å². The molecule has 2 rings (SSSR count). The number of benzene rings is 1. The van der Waals surface area contributed by atoms with Crippen LogP contribution in [0.5, 0.6) is 5.75 Å². The summed E-state index contributed by atoms with van der Waals surface area (Å²) in [7, 11) is 0. The Morgan fingerprint density at radius 1 is 1.53 bits per heavy atom. The fraction of sp³-hybridized carbons (Fsp3) is 0.333. The predicted octanol–water partition coefficient (Wildman–Crippen LogP) is 2.48. The molecule has 0 atom stereocenters. The third kappa shape index (κ3) is 2.53. The minimum atomic E-state index is 0.696. The maximum Gasteiger partial charge on any atom is 0.208 e. The predicted molar refractivity (Wildman–Crippen MR) is 70.5 cm³/mol. The maximum atomic E-state index is 8.71. The highest BCUT2D eigenvalue weighted by atomic mass is 32.2. The summed E-state index contributed by atoms with van der Waals surface area (Å²) < 4.78 is 5.66. The summed E-state index contributed by atoms with van der Waals surface area (Å²) in [5, 5.41) is 9.42. The molecule has 1 aromatic rings. The lowest BCUT2D eigenvalue weighted by Crippen LogP contribution is -2.28. The number of anilines is 1. The van der Waals surface area contributed by atoms with E-state index in [0.717, 1.165) is 24.4 Å². The Labute approximate surface area is 105 Å².